The smallest absolute Gasteiger partial charge is 0.354 e. The van der Waals surface area contributed by atoms with Crippen molar-refractivity contribution in [1.29, 1.82) is 0 Å². The van der Waals surface area contributed by atoms with Crippen molar-refractivity contribution in [3.05, 3.63) is 53.7 Å². The fraction of sp³-hybridized carbons (Fsp3) is 0.278. The van der Waals surface area contributed by atoms with Gasteiger partial charge in [-0.25, -0.2) is 9.78 Å². The van der Waals surface area contributed by atoms with Gasteiger partial charge in [0.25, 0.3) is 0 Å². The number of carbonyl (C=O) groups is 2. The highest BCUT2D eigenvalue weighted by atomic mass is 16.4. The van der Waals surface area contributed by atoms with Crippen LogP contribution in [0.3, 0.4) is 0 Å². The van der Waals surface area contributed by atoms with Crippen LogP contribution in [0.15, 0.2) is 42.5 Å². The lowest BCUT2D eigenvalue weighted by atomic mass is 10.1. The Bertz CT molecular complexity index is 758. The van der Waals surface area contributed by atoms with Gasteiger partial charge in [-0.15, -0.1) is 0 Å². The molecule has 1 unspecified atom stereocenters. The van der Waals surface area contributed by atoms with Crippen molar-refractivity contribution in [2.24, 2.45) is 0 Å². The number of hydrogen-bond donors (Lipinski definition) is 2. The second kappa shape index (κ2) is 6.70. The lowest BCUT2D eigenvalue weighted by Crippen LogP contribution is -2.23. The maximum Gasteiger partial charge on any atom is 0.354 e. The number of hydrogen-bond acceptors (Lipinski definition) is 4. The molecule has 1 aliphatic rings. The first-order valence-electron chi connectivity index (χ1n) is 7.92. The molecule has 3 rings (SSSR count). The van der Waals surface area contributed by atoms with Crippen molar-refractivity contribution >= 4 is 23.4 Å². The van der Waals surface area contributed by atoms with Gasteiger partial charge in [0.15, 0.2) is 5.69 Å². The van der Waals surface area contributed by atoms with E-state index in [2.05, 4.69) is 10.3 Å². The average Bonchev–Trinajstić information content (AvgIpc) is 3.01. The molecule has 1 saturated heterocycles. The van der Waals surface area contributed by atoms with E-state index in [1.54, 1.807) is 17.0 Å². The zero-order valence-electron chi connectivity index (χ0n) is 13.4. The summed E-state index contributed by atoms with van der Waals surface area (Å²) >= 11 is 0. The summed E-state index contributed by atoms with van der Waals surface area (Å²) in [6.45, 7) is 2.75. The number of amides is 1. The van der Waals surface area contributed by atoms with E-state index in [1.165, 1.54) is 6.07 Å². The van der Waals surface area contributed by atoms with Crippen LogP contribution in [-0.2, 0) is 4.79 Å². The van der Waals surface area contributed by atoms with Crippen LogP contribution in [0.2, 0.25) is 0 Å². The second-order valence-corrected chi connectivity index (χ2v) is 5.82. The number of carboxylic acids is 1. The number of carbonyl (C=O) groups excluding carboxylic acids is 1. The van der Waals surface area contributed by atoms with E-state index >= 15 is 0 Å². The predicted molar refractivity (Wildman–Crippen MR) is 91.3 cm³/mol. The van der Waals surface area contributed by atoms with Gasteiger partial charge in [-0.1, -0.05) is 18.2 Å². The van der Waals surface area contributed by atoms with Crippen molar-refractivity contribution in [3.63, 3.8) is 0 Å². The standard InChI is InChI=1S/C18H19N3O3/c1-12(19-16-5-2-4-15(20-16)18(23)24)13-7-9-14(10-8-13)21-11-3-6-17(21)22/h2,4-5,7-10,12H,3,6,11H2,1H3,(H,19,20)(H,23,24). The molecule has 0 aliphatic carbocycles. The Balaban J connectivity index is 1.71. The van der Waals surface area contributed by atoms with Gasteiger partial charge in [0, 0.05) is 24.7 Å². The van der Waals surface area contributed by atoms with Crippen LogP contribution < -0.4 is 10.2 Å². The molecule has 6 nitrogen and oxygen atoms in total. The van der Waals surface area contributed by atoms with Crippen LogP contribution >= 0.6 is 0 Å². The van der Waals surface area contributed by atoms with Crippen molar-refractivity contribution in [2.75, 3.05) is 16.8 Å². The lowest BCUT2D eigenvalue weighted by Gasteiger charge is -2.18. The van der Waals surface area contributed by atoms with Gasteiger partial charge in [0.1, 0.15) is 5.82 Å². The van der Waals surface area contributed by atoms with Gasteiger partial charge >= 0.3 is 5.97 Å². The van der Waals surface area contributed by atoms with Crippen LogP contribution in [0.1, 0.15) is 41.9 Å². The lowest BCUT2D eigenvalue weighted by molar-refractivity contribution is -0.117. The number of benzene rings is 1. The molecule has 0 bridgehead atoms. The van der Waals surface area contributed by atoms with E-state index in [4.69, 9.17) is 5.11 Å². The van der Waals surface area contributed by atoms with Crippen molar-refractivity contribution in [3.8, 4) is 0 Å². The largest absolute Gasteiger partial charge is 0.477 e. The summed E-state index contributed by atoms with van der Waals surface area (Å²) in [5.41, 5.74) is 1.96. The third kappa shape index (κ3) is 3.37. The monoisotopic (exact) mass is 325 g/mol. The number of pyridine rings is 1. The molecule has 1 aliphatic heterocycles. The van der Waals surface area contributed by atoms with Crippen LogP contribution in [0, 0.1) is 0 Å². The van der Waals surface area contributed by atoms with Gasteiger partial charge in [0.2, 0.25) is 5.91 Å². The predicted octanol–water partition coefficient (Wildman–Crippen LogP) is 3.08. The Hall–Kier alpha value is -2.89. The first kappa shape index (κ1) is 16.0. The number of nitrogens with zero attached hydrogens (tertiary/aromatic N) is 2. The molecule has 0 radical (unpaired) electrons. The summed E-state index contributed by atoms with van der Waals surface area (Å²) in [5, 5.41) is 12.2. The second-order valence-electron chi connectivity index (χ2n) is 5.82. The van der Waals surface area contributed by atoms with Gasteiger partial charge in [-0.3, -0.25) is 4.79 Å². The van der Waals surface area contributed by atoms with Crippen LogP contribution in [-0.4, -0.2) is 28.5 Å². The summed E-state index contributed by atoms with van der Waals surface area (Å²) < 4.78 is 0. The number of anilines is 2. The topological polar surface area (TPSA) is 82.5 Å². The van der Waals surface area contributed by atoms with E-state index in [0.29, 0.717) is 12.2 Å². The van der Waals surface area contributed by atoms with Crippen LogP contribution in [0.4, 0.5) is 11.5 Å². The molecule has 1 atom stereocenters. The number of carboxylic acid groups (broad SMARTS) is 1. The molecule has 1 aromatic heterocycles. The Morgan fingerprint density at radius 3 is 2.62 bits per heavy atom. The van der Waals surface area contributed by atoms with Gasteiger partial charge < -0.3 is 15.3 Å². The van der Waals surface area contributed by atoms with Crippen molar-refractivity contribution < 1.29 is 14.7 Å². The van der Waals surface area contributed by atoms with E-state index in [9.17, 15) is 9.59 Å². The molecule has 24 heavy (non-hydrogen) atoms. The van der Waals surface area contributed by atoms with Crippen LogP contribution in [0.5, 0.6) is 0 Å². The van der Waals surface area contributed by atoms with E-state index in [1.807, 2.05) is 31.2 Å². The minimum Gasteiger partial charge on any atom is -0.477 e. The summed E-state index contributed by atoms with van der Waals surface area (Å²) in [4.78, 5) is 28.6. The molecule has 1 fully saturated rings. The maximum atomic E-state index is 11.8. The minimum atomic E-state index is -1.05. The molecular weight excluding hydrogens is 306 g/mol. The summed E-state index contributed by atoms with van der Waals surface area (Å²) in [5.74, 6) is -0.365. The first-order valence-corrected chi connectivity index (χ1v) is 7.92. The van der Waals surface area contributed by atoms with E-state index < -0.39 is 5.97 Å². The number of aromatic carboxylic acids is 1. The van der Waals surface area contributed by atoms with Crippen molar-refractivity contribution in [2.45, 2.75) is 25.8 Å². The molecule has 1 aromatic carbocycles. The summed E-state index contributed by atoms with van der Waals surface area (Å²) in [7, 11) is 0. The molecular formula is C18H19N3O3. The van der Waals surface area contributed by atoms with Gasteiger partial charge in [0.05, 0.1) is 0 Å². The highest BCUT2D eigenvalue weighted by Crippen LogP contribution is 2.24. The molecule has 124 valence electrons. The SMILES string of the molecule is CC(Nc1cccc(C(=O)O)n1)c1ccc(N2CCCC2=O)cc1. The number of aromatic nitrogens is 1. The normalized spacial score (nSPS) is 15.4. The summed E-state index contributed by atoms with van der Waals surface area (Å²) in [6.07, 6.45) is 1.52. The van der Waals surface area contributed by atoms with Crippen LogP contribution in [0.25, 0.3) is 0 Å². The Kier molecular flexibility index (Phi) is 4.46. The molecule has 6 heteroatoms. The fourth-order valence-corrected chi connectivity index (χ4v) is 2.80. The molecule has 0 spiro atoms. The summed E-state index contributed by atoms with van der Waals surface area (Å²) in [6, 6.07) is 12.6. The van der Waals surface area contributed by atoms with E-state index in [0.717, 1.165) is 24.2 Å². The molecule has 2 aromatic rings. The molecule has 2 heterocycles. The Morgan fingerprint density at radius 1 is 1.25 bits per heavy atom. The van der Waals surface area contributed by atoms with Gasteiger partial charge in [-0.05, 0) is 43.2 Å². The zero-order valence-corrected chi connectivity index (χ0v) is 13.4. The molecule has 0 saturated carbocycles. The average molecular weight is 325 g/mol. The highest BCUT2D eigenvalue weighted by Gasteiger charge is 2.21. The molecule has 1 amide bonds. The highest BCUT2D eigenvalue weighted by molar-refractivity contribution is 5.95. The fourth-order valence-electron chi connectivity index (χ4n) is 2.80. The quantitative estimate of drug-likeness (QED) is 0.883. The number of nitrogens with one attached hydrogen (secondary N) is 1. The Morgan fingerprint density at radius 2 is 2.00 bits per heavy atom. The van der Waals surface area contributed by atoms with Gasteiger partial charge in [-0.2, -0.15) is 0 Å². The maximum absolute atomic E-state index is 11.8. The molecule has 2 N–H and O–H groups in total. The zero-order chi connectivity index (χ0) is 17.1. The third-order valence-corrected chi connectivity index (χ3v) is 4.11. The first-order chi connectivity index (χ1) is 11.5. The number of rotatable bonds is 5. The van der Waals surface area contributed by atoms with E-state index in [-0.39, 0.29) is 17.6 Å². The minimum absolute atomic E-state index is 0.00935. The third-order valence-electron chi connectivity index (χ3n) is 4.11. The van der Waals surface area contributed by atoms with Crippen molar-refractivity contribution in [1.82, 2.24) is 4.98 Å². The Labute approximate surface area is 140 Å².